The first kappa shape index (κ1) is 92.5. The topological polar surface area (TPSA) is 67.9 Å². The van der Waals surface area contributed by atoms with E-state index in [0.717, 1.165) is 37.6 Å². The Morgan fingerprint density at radius 2 is 0.615 bits per heavy atom. The molecule has 0 bridgehead atoms. The van der Waals surface area contributed by atoms with Crippen molar-refractivity contribution < 1.29 is 0 Å². The van der Waals surface area contributed by atoms with Crippen molar-refractivity contribution in [3.05, 3.63) is 200 Å². The van der Waals surface area contributed by atoms with E-state index in [1.807, 2.05) is 23.3 Å². The molecule has 0 N–H and O–H groups in total. The van der Waals surface area contributed by atoms with Crippen LogP contribution in [0.2, 0.25) is 0 Å². The second kappa shape index (κ2) is 34.3. The highest BCUT2D eigenvalue weighted by Gasteiger charge is 2.31. The molecule has 7 aromatic rings. The summed E-state index contributed by atoms with van der Waals surface area (Å²) in [5, 5.41) is 9.10. The van der Waals surface area contributed by atoms with Crippen molar-refractivity contribution in [3.8, 4) is 0 Å². The zero-order valence-corrected chi connectivity index (χ0v) is 75.4. The van der Waals surface area contributed by atoms with Gasteiger partial charge in [0, 0.05) is 83.5 Å². The summed E-state index contributed by atoms with van der Waals surface area (Å²) < 4.78 is 4.20. The molecular formula is C96H158N8. The summed E-state index contributed by atoms with van der Waals surface area (Å²) in [4.78, 5) is 14.1. The van der Waals surface area contributed by atoms with Crippen LogP contribution in [0, 0.1) is 0 Å². The van der Waals surface area contributed by atoms with Gasteiger partial charge in [-0.15, -0.1) is 0 Å². The molecule has 0 aliphatic carbocycles. The van der Waals surface area contributed by atoms with E-state index in [9.17, 15) is 0 Å². The van der Waals surface area contributed by atoms with E-state index < -0.39 is 0 Å². The third kappa shape index (κ3) is 30.2. The second-order valence-corrected chi connectivity index (χ2v) is 44.3. The number of aromatic nitrogens is 6. The number of hydrogen-bond acceptors (Lipinski definition) is 6. The quantitative estimate of drug-likeness (QED) is 0.151. The standard InChI is InChI=1S/C17H27N.C14H25N3.2C14H22.2C13H21N.C11H20N2/c1-16(2,3)15-8-7-14-12-18(17(4,5)6)10-9-13(14)11-15;1-13(2,3)12-9-11-10-16(14(4,5)6)7-8-17(11)15-12;1-13(2,3)11-7-9-12(10-8-11)14(4,5)6;1-13(2,3)11-8-7-9-12(10-11)14(4,5)6;2*1-12(2,3)10-7-8-11(14-9-10)13(4,5)6;1-10(2,3)9-7-12-13(8-9)11(4,5)6/h7-8,11H,9-10,12H2,1-6H3;9H,7-8,10H2,1-6H3;2*7-10H,1-6H3;2*7-9H,1-6H3;7-8H,1-6H3. The van der Waals surface area contributed by atoms with Crippen molar-refractivity contribution in [1.82, 2.24) is 39.3 Å². The summed E-state index contributed by atoms with van der Waals surface area (Å²) in [6, 6.07) is 35.9. The zero-order valence-electron chi connectivity index (χ0n) is 75.4. The maximum absolute atomic E-state index is 4.73. The summed E-state index contributed by atoms with van der Waals surface area (Å²) in [5.41, 5.74) is 21.9. The minimum atomic E-state index is 0.0868. The normalized spacial score (nSPS) is 14.7. The predicted octanol–water partition coefficient (Wildman–Crippen LogP) is 25.8. The molecular weight excluding hydrogens is 1270 g/mol. The number of rotatable bonds is 0. The monoisotopic (exact) mass is 1420 g/mol. The molecule has 3 aromatic carbocycles. The van der Waals surface area contributed by atoms with Gasteiger partial charge in [-0.25, -0.2) is 0 Å². The van der Waals surface area contributed by atoms with E-state index in [1.165, 1.54) is 74.4 Å². The lowest BCUT2D eigenvalue weighted by Gasteiger charge is -2.39. The van der Waals surface area contributed by atoms with Crippen LogP contribution in [0.3, 0.4) is 0 Å². The van der Waals surface area contributed by atoms with Gasteiger partial charge in [0.25, 0.3) is 0 Å². The molecule has 0 saturated carbocycles. The maximum Gasteiger partial charge on any atom is 0.0681 e. The van der Waals surface area contributed by atoms with Crippen LogP contribution in [0.4, 0.5) is 0 Å². The zero-order chi connectivity index (χ0) is 80.6. The average Bonchev–Trinajstić information content (AvgIpc) is 1.48. The van der Waals surface area contributed by atoms with E-state index in [4.69, 9.17) is 5.10 Å². The minimum Gasteiger partial charge on any atom is -0.294 e. The Kier molecular flexibility index (Phi) is 30.5. The SMILES string of the molecule is CC(C)(C)c1cc2n(n1)CCN(C(C)(C)C)C2.CC(C)(C)c1ccc(C(C)(C)C)cc1.CC(C)(C)c1ccc(C(C)(C)C)nc1.CC(C)(C)c1ccc(C(C)(C)C)nc1.CC(C)(C)c1ccc2c(c1)CCN(C(C)(C)C)C2.CC(C)(C)c1cccc(C(C)(C)C)c1.CC(C)(C)c1cnn(C(C)(C)C)c1. The number of benzene rings is 3. The van der Waals surface area contributed by atoms with Crippen LogP contribution in [-0.4, -0.2) is 63.5 Å². The number of fused-ring (bicyclic) bond motifs is 2. The van der Waals surface area contributed by atoms with Crippen molar-refractivity contribution in [2.75, 3.05) is 13.1 Å². The summed E-state index contributed by atoms with van der Waals surface area (Å²) in [5.74, 6) is 0. The lowest BCUT2D eigenvalue weighted by molar-refractivity contribution is 0.0989. The van der Waals surface area contributed by atoms with Crippen LogP contribution in [0.1, 0.15) is 369 Å². The van der Waals surface area contributed by atoms with Crippen molar-refractivity contribution in [2.45, 2.75) is 393 Å². The van der Waals surface area contributed by atoms with Crippen LogP contribution in [0.15, 0.2) is 122 Å². The second-order valence-electron chi connectivity index (χ2n) is 44.3. The lowest BCUT2D eigenvalue weighted by atomic mass is 9.81. The van der Waals surface area contributed by atoms with Crippen molar-refractivity contribution >= 4 is 0 Å². The Morgan fingerprint density at radius 3 is 0.923 bits per heavy atom. The third-order valence-corrected chi connectivity index (χ3v) is 19.7. The first-order valence-corrected chi connectivity index (χ1v) is 39.3. The lowest BCUT2D eigenvalue weighted by Crippen LogP contribution is -2.45. The molecule has 4 aromatic heterocycles. The summed E-state index contributed by atoms with van der Waals surface area (Å²) in [7, 11) is 0. The van der Waals surface area contributed by atoms with Gasteiger partial charge in [0.05, 0.1) is 29.7 Å². The Balaban J connectivity index is 0.000000316. The highest BCUT2D eigenvalue weighted by atomic mass is 15.4. The third-order valence-electron chi connectivity index (χ3n) is 19.7. The number of nitrogens with zero attached hydrogens (tertiary/aromatic N) is 8. The fraction of sp³-hybridized carbons (Fsp3) is 0.646. The molecule has 104 heavy (non-hydrogen) atoms. The molecule has 0 unspecified atom stereocenters. The molecule has 0 radical (unpaired) electrons. The first-order chi connectivity index (χ1) is 46.4. The molecule has 2 aliphatic rings. The van der Waals surface area contributed by atoms with Crippen LogP contribution >= 0.6 is 0 Å². The molecule has 2 aliphatic heterocycles. The molecule has 9 rings (SSSR count). The Bertz CT molecular complexity index is 3390. The van der Waals surface area contributed by atoms with E-state index in [2.05, 4.69) is 424 Å². The Hall–Kier alpha value is -5.70. The molecule has 6 heterocycles. The van der Waals surface area contributed by atoms with Gasteiger partial charge >= 0.3 is 0 Å². The maximum atomic E-state index is 4.73. The summed E-state index contributed by atoms with van der Waals surface area (Å²) in [6.07, 6.45) is 9.29. The Labute approximate surface area is 642 Å². The summed E-state index contributed by atoms with van der Waals surface area (Å²) >= 11 is 0. The predicted molar refractivity (Wildman–Crippen MR) is 457 cm³/mol. The molecule has 0 saturated heterocycles. The number of hydrogen-bond donors (Lipinski definition) is 0. The fourth-order valence-corrected chi connectivity index (χ4v) is 11.4. The van der Waals surface area contributed by atoms with Crippen molar-refractivity contribution in [1.29, 1.82) is 0 Å². The fourth-order valence-electron chi connectivity index (χ4n) is 11.4. The van der Waals surface area contributed by atoms with E-state index in [0.29, 0.717) is 0 Å². The van der Waals surface area contributed by atoms with E-state index in [1.54, 1.807) is 5.56 Å². The highest BCUT2D eigenvalue weighted by molar-refractivity contribution is 5.38. The molecule has 0 atom stereocenters. The van der Waals surface area contributed by atoms with Gasteiger partial charge < -0.3 is 0 Å². The van der Waals surface area contributed by atoms with Gasteiger partial charge in [0.2, 0.25) is 0 Å². The van der Waals surface area contributed by atoms with Crippen LogP contribution < -0.4 is 0 Å². The first-order valence-electron chi connectivity index (χ1n) is 39.3. The van der Waals surface area contributed by atoms with Gasteiger partial charge in [0.1, 0.15) is 0 Å². The van der Waals surface area contributed by atoms with Crippen LogP contribution in [0.5, 0.6) is 0 Å². The van der Waals surface area contributed by atoms with Gasteiger partial charge in [-0.1, -0.05) is 307 Å². The molecule has 8 nitrogen and oxygen atoms in total. The van der Waals surface area contributed by atoms with E-state index >= 15 is 0 Å². The van der Waals surface area contributed by atoms with Gasteiger partial charge in [-0.2, -0.15) is 10.2 Å². The van der Waals surface area contributed by atoms with Gasteiger partial charge in [-0.3, -0.25) is 29.1 Å². The minimum absolute atomic E-state index is 0.0868. The molecule has 8 heteroatoms. The smallest absolute Gasteiger partial charge is 0.0681 e. The largest absolute Gasteiger partial charge is 0.294 e. The van der Waals surface area contributed by atoms with Crippen molar-refractivity contribution in [3.63, 3.8) is 0 Å². The van der Waals surface area contributed by atoms with Gasteiger partial charge in [0.15, 0.2) is 0 Å². The highest BCUT2D eigenvalue weighted by Crippen LogP contribution is 2.34. The number of pyridine rings is 2. The molecule has 582 valence electrons. The summed E-state index contributed by atoms with van der Waals surface area (Å²) in [6.45, 7) is 99.2. The van der Waals surface area contributed by atoms with Crippen LogP contribution in [0.25, 0.3) is 0 Å². The van der Waals surface area contributed by atoms with Crippen LogP contribution in [-0.2, 0) is 91.2 Å². The van der Waals surface area contributed by atoms with Gasteiger partial charge in [-0.05, 0) is 186 Å². The molecule has 0 spiro atoms. The Morgan fingerprint density at radius 1 is 0.269 bits per heavy atom. The molecule has 0 amide bonds. The van der Waals surface area contributed by atoms with Crippen molar-refractivity contribution in [2.24, 2.45) is 0 Å². The molecule has 0 fully saturated rings. The van der Waals surface area contributed by atoms with E-state index in [-0.39, 0.29) is 76.2 Å². The average molecular weight is 1420 g/mol.